The van der Waals surface area contributed by atoms with E-state index in [4.69, 9.17) is 14.2 Å². The Labute approximate surface area is 175 Å². The zero-order chi connectivity index (χ0) is 20.5. The molecule has 1 N–H and O–H groups in total. The van der Waals surface area contributed by atoms with Crippen molar-refractivity contribution in [3.05, 3.63) is 59.7 Å². The van der Waals surface area contributed by atoms with Gasteiger partial charge in [-0.25, -0.2) is 0 Å². The number of hydrogen-bond donors (Lipinski definition) is 1. The Hall–Kier alpha value is -2.08. The zero-order valence-corrected chi connectivity index (χ0v) is 17.9. The quantitative estimate of drug-likeness (QED) is 0.658. The first-order valence-corrected chi connectivity index (χ1v) is 10.5. The summed E-state index contributed by atoms with van der Waals surface area (Å²) in [7, 11) is 1.70. The van der Waals surface area contributed by atoms with Crippen LogP contribution in [-0.4, -0.2) is 51.5 Å². The van der Waals surface area contributed by atoms with Gasteiger partial charge in [0.2, 0.25) is 0 Å². The minimum absolute atomic E-state index is 0.318. The molecule has 158 valence electrons. The Morgan fingerprint density at radius 1 is 0.966 bits per heavy atom. The molecule has 1 heterocycles. The highest BCUT2D eigenvalue weighted by molar-refractivity contribution is 5.30. The number of rotatable bonds is 10. The van der Waals surface area contributed by atoms with Crippen LogP contribution in [-0.2, 0) is 11.3 Å². The Kier molecular flexibility index (Phi) is 8.35. The molecule has 1 aliphatic rings. The molecular formula is C24H34N2O3. The molecule has 2 aromatic carbocycles. The number of methoxy groups -OCH3 is 1. The molecule has 2 aromatic rings. The minimum Gasteiger partial charge on any atom is -0.497 e. The number of morpholine rings is 1. The second-order valence-corrected chi connectivity index (χ2v) is 7.92. The Balaban J connectivity index is 1.57. The van der Waals surface area contributed by atoms with E-state index in [9.17, 15) is 0 Å². The Morgan fingerprint density at radius 2 is 1.62 bits per heavy atom. The molecule has 3 rings (SSSR count). The summed E-state index contributed by atoms with van der Waals surface area (Å²) in [6.07, 6.45) is 0. The topological polar surface area (TPSA) is 43.0 Å². The molecule has 0 bridgehead atoms. The molecule has 0 aliphatic carbocycles. The zero-order valence-electron chi connectivity index (χ0n) is 17.9. The second kappa shape index (κ2) is 11.2. The van der Waals surface area contributed by atoms with E-state index in [1.54, 1.807) is 7.11 Å². The van der Waals surface area contributed by atoms with Gasteiger partial charge < -0.3 is 19.5 Å². The molecule has 0 saturated carbocycles. The van der Waals surface area contributed by atoms with Gasteiger partial charge in [0, 0.05) is 32.2 Å². The molecule has 1 saturated heterocycles. The van der Waals surface area contributed by atoms with Crippen LogP contribution in [0.15, 0.2) is 48.5 Å². The summed E-state index contributed by atoms with van der Waals surface area (Å²) in [5.41, 5.74) is 2.56. The van der Waals surface area contributed by atoms with Crippen molar-refractivity contribution in [1.82, 2.24) is 10.2 Å². The maximum Gasteiger partial charge on any atom is 0.119 e. The summed E-state index contributed by atoms with van der Waals surface area (Å²) in [5.74, 6) is 2.36. The van der Waals surface area contributed by atoms with Crippen LogP contribution < -0.4 is 14.8 Å². The van der Waals surface area contributed by atoms with Crippen molar-refractivity contribution in [3.8, 4) is 11.5 Å². The molecule has 0 spiro atoms. The number of ether oxygens (including phenoxy) is 3. The fraction of sp³-hybridized carbons (Fsp3) is 0.500. The van der Waals surface area contributed by atoms with Crippen LogP contribution in [0.25, 0.3) is 0 Å². The van der Waals surface area contributed by atoms with Crippen LogP contribution in [0.1, 0.15) is 31.0 Å². The molecule has 5 nitrogen and oxygen atoms in total. The van der Waals surface area contributed by atoms with Gasteiger partial charge in [0.25, 0.3) is 0 Å². The van der Waals surface area contributed by atoms with Gasteiger partial charge in [0.05, 0.1) is 26.9 Å². The summed E-state index contributed by atoms with van der Waals surface area (Å²) in [6.45, 7) is 10.3. The molecule has 1 unspecified atom stereocenters. The Morgan fingerprint density at radius 3 is 2.24 bits per heavy atom. The monoisotopic (exact) mass is 398 g/mol. The molecular weight excluding hydrogens is 364 g/mol. The van der Waals surface area contributed by atoms with Crippen molar-refractivity contribution >= 4 is 0 Å². The fourth-order valence-corrected chi connectivity index (χ4v) is 3.49. The molecule has 29 heavy (non-hydrogen) atoms. The van der Waals surface area contributed by atoms with E-state index in [0.29, 0.717) is 12.0 Å². The largest absolute Gasteiger partial charge is 0.497 e. The normalized spacial score (nSPS) is 16.0. The van der Waals surface area contributed by atoms with Gasteiger partial charge in [0.15, 0.2) is 0 Å². The summed E-state index contributed by atoms with van der Waals surface area (Å²) in [4.78, 5) is 2.50. The molecule has 0 amide bonds. The third-order valence-corrected chi connectivity index (χ3v) is 5.16. The van der Waals surface area contributed by atoms with Gasteiger partial charge in [-0.2, -0.15) is 0 Å². The van der Waals surface area contributed by atoms with Gasteiger partial charge >= 0.3 is 0 Å². The van der Waals surface area contributed by atoms with Crippen molar-refractivity contribution in [1.29, 1.82) is 0 Å². The van der Waals surface area contributed by atoms with E-state index in [0.717, 1.165) is 57.5 Å². The fourth-order valence-electron chi connectivity index (χ4n) is 3.49. The summed E-state index contributed by atoms with van der Waals surface area (Å²) in [6, 6.07) is 17.1. The first-order valence-electron chi connectivity index (χ1n) is 10.5. The number of benzene rings is 2. The van der Waals surface area contributed by atoms with Crippen LogP contribution >= 0.6 is 0 Å². The van der Waals surface area contributed by atoms with Crippen LogP contribution in [0.2, 0.25) is 0 Å². The van der Waals surface area contributed by atoms with Crippen molar-refractivity contribution in [3.63, 3.8) is 0 Å². The van der Waals surface area contributed by atoms with Crippen LogP contribution in [0, 0.1) is 5.92 Å². The highest BCUT2D eigenvalue weighted by Crippen LogP contribution is 2.24. The van der Waals surface area contributed by atoms with Crippen molar-refractivity contribution in [2.24, 2.45) is 5.92 Å². The van der Waals surface area contributed by atoms with Crippen LogP contribution in [0.3, 0.4) is 0 Å². The minimum atomic E-state index is 0.318. The molecule has 1 aliphatic heterocycles. The van der Waals surface area contributed by atoms with E-state index in [-0.39, 0.29) is 0 Å². The highest BCUT2D eigenvalue weighted by Gasteiger charge is 2.22. The van der Waals surface area contributed by atoms with Gasteiger partial charge in [-0.1, -0.05) is 38.1 Å². The highest BCUT2D eigenvalue weighted by atomic mass is 16.5. The Bertz CT molecular complexity index is 710. The van der Waals surface area contributed by atoms with Crippen LogP contribution in [0.5, 0.6) is 11.5 Å². The lowest BCUT2D eigenvalue weighted by Gasteiger charge is -2.35. The third kappa shape index (κ3) is 6.74. The SMILES string of the molecule is COc1ccc(C(CNCc2ccc(OCC(C)C)cc2)N2CCOCC2)cc1. The van der Waals surface area contributed by atoms with Crippen molar-refractivity contribution < 1.29 is 14.2 Å². The predicted molar refractivity (Wildman–Crippen MR) is 117 cm³/mol. The lowest BCUT2D eigenvalue weighted by Crippen LogP contribution is -2.42. The average molecular weight is 399 g/mol. The smallest absolute Gasteiger partial charge is 0.119 e. The molecule has 0 aromatic heterocycles. The molecule has 1 fully saturated rings. The van der Waals surface area contributed by atoms with Crippen molar-refractivity contribution in [2.45, 2.75) is 26.4 Å². The first kappa shape index (κ1) is 21.6. The summed E-state index contributed by atoms with van der Waals surface area (Å²) in [5, 5.41) is 3.64. The number of nitrogens with zero attached hydrogens (tertiary/aromatic N) is 1. The summed E-state index contributed by atoms with van der Waals surface area (Å²) >= 11 is 0. The maximum absolute atomic E-state index is 5.77. The number of hydrogen-bond acceptors (Lipinski definition) is 5. The maximum atomic E-state index is 5.77. The van der Waals surface area contributed by atoms with Crippen LogP contribution in [0.4, 0.5) is 0 Å². The van der Waals surface area contributed by atoms with Gasteiger partial charge in [-0.15, -0.1) is 0 Å². The van der Waals surface area contributed by atoms with Gasteiger partial charge in [0.1, 0.15) is 11.5 Å². The van der Waals surface area contributed by atoms with Gasteiger partial charge in [-0.05, 0) is 41.3 Å². The lowest BCUT2D eigenvalue weighted by molar-refractivity contribution is 0.0161. The number of nitrogens with one attached hydrogen (secondary N) is 1. The van der Waals surface area contributed by atoms with E-state index in [1.165, 1.54) is 11.1 Å². The van der Waals surface area contributed by atoms with Crippen molar-refractivity contribution in [2.75, 3.05) is 46.6 Å². The van der Waals surface area contributed by atoms with E-state index < -0.39 is 0 Å². The van der Waals surface area contributed by atoms with E-state index in [2.05, 4.69) is 60.5 Å². The first-order chi connectivity index (χ1) is 14.2. The standard InChI is InChI=1S/C24H34N2O3/c1-19(2)18-29-23-8-4-20(5-9-23)16-25-17-24(26-12-14-28-15-13-26)21-6-10-22(27-3)11-7-21/h4-11,19,24-25H,12-18H2,1-3H3. The summed E-state index contributed by atoms with van der Waals surface area (Å²) < 4.78 is 16.6. The lowest BCUT2D eigenvalue weighted by atomic mass is 10.0. The van der Waals surface area contributed by atoms with E-state index >= 15 is 0 Å². The predicted octanol–water partition coefficient (Wildman–Crippen LogP) is 3.89. The second-order valence-electron chi connectivity index (χ2n) is 7.92. The molecule has 0 radical (unpaired) electrons. The van der Waals surface area contributed by atoms with Gasteiger partial charge in [-0.3, -0.25) is 4.90 Å². The third-order valence-electron chi connectivity index (χ3n) is 5.16. The molecule has 5 heteroatoms. The van der Waals surface area contributed by atoms with E-state index in [1.807, 2.05) is 12.1 Å². The molecule has 1 atom stereocenters. The average Bonchev–Trinajstić information content (AvgIpc) is 2.77.